The Bertz CT molecular complexity index is 821. The topological polar surface area (TPSA) is 89.4 Å². The summed E-state index contributed by atoms with van der Waals surface area (Å²) in [6.45, 7) is 8.54. The highest BCUT2D eigenvalue weighted by Crippen LogP contribution is 2.39. The maximum Gasteiger partial charge on any atom is 0.271 e. The van der Waals surface area contributed by atoms with E-state index in [9.17, 15) is 9.90 Å². The molecule has 0 aliphatic heterocycles. The van der Waals surface area contributed by atoms with E-state index in [1.54, 1.807) is 43.3 Å². The zero-order valence-electron chi connectivity index (χ0n) is 16.6. The van der Waals surface area contributed by atoms with Crippen molar-refractivity contribution in [3.05, 3.63) is 47.5 Å². The Morgan fingerprint density at radius 1 is 1.00 bits per heavy atom. The molecule has 2 aromatic rings. The van der Waals surface area contributed by atoms with E-state index >= 15 is 0 Å². The summed E-state index contributed by atoms with van der Waals surface area (Å²) in [6.07, 6.45) is 0. The van der Waals surface area contributed by atoms with Crippen molar-refractivity contribution in [3.63, 3.8) is 0 Å². The van der Waals surface area contributed by atoms with Gasteiger partial charge in [0.25, 0.3) is 5.91 Å². The molecule has 0 fully saturated rings. The lowest BCUT2D eigenvalue weighted by Gasteiger charge is -2.16. The molecule has 1 amide bonds. The summed E-state index contributed by atoms with van der Waals surface area (Å²) in [7, 11) is 0. The van der Waals surface area contributed by atoms with Crippen LogP contribution in [0.4, 0.5) is 0 Å². The van der Waals surface area contributed by atoms with Crippen LogP contribution in [0.15, 0.2) is 41.5 Å². The van der Waals surface area contributed by atoms with Crippen molar-refractivity contribution >= 4 is 11.6 Å². The fourth-order valence-corrected chi connectivity index (χ4v) is 2.56. The molecule has 2 rings (SSSR count). The SMILES string of the molecule is CCOc1cc(C(=O)NN=C(C)c2ccccc2O)cc(OCC)c1OCC. The summed E-state index contributed by atoms with van der Waals surface area (Å²) in [5, 5.41) is 14.0. The number of hydrogen-bond acceptors (Lipinski definition) is 6. The number of phenolic OH excluding ortho intramolecular Hbond substituents is 1. The summed E-state index contributed by atoms with van der Waals surface area (Å²) in [4.78, 5) is 12.6. The van der Waals surface area contributed by atoms with Gasteiger partial charge in [-0.1, -0.05) is 12.1 Å². The standard InChI is InChI=1S/C21H26N2O5/c1-5-26-18-12-15(13-19(27-6-2)20(18)28-7-3)21(25)23-22-14(4)16-10-8-9-11-17(16)24/h8-13,24H,5-7H2,1-4H3,(H,23,25). The molecule has 0 saturated heterocycles. The second-order valence-electron chi connectivity index (χ2n) is 5.76. The van der Waals surface area contributed by atoms with Crippen molar-refractivity contribution in [3.8, 4) is 23.0 Å². The van der Waals surface area contributed by atoms with Gasteiger partial charge in [-0.15, -0.1) is 0 Å². The molecule has 28 heavy (non-hydrogen) atoms. The normalized spacial score (nSPS) is 11.1. The Morgan fingerprint density at radius 3 is 2.11 bits per heavy atom. The Balaban J connectivity index is 2.31. The van der Waals surface area contributed by atoms with E-state index in [4.69, 9.17) is 14.2 Å². The average Bonchev–Trinajstić information content (AvgIpc) is 2.68. The van der Waals surface area contributed by atoms with Crippen molar-refractivity contribution < 1.29 is 24.1 Å². The van der Waals surface area contributed by atoms with Crippen LogP contribution in [0.1, 0.15) is 43.6 Å². The third kappa shape index (κ3) is 5.16. The number of ether oxygens (including phenoxy) is 3. The minimum absolute atomic E-state index is 0.0938. The molecule has 0 bridgehead atoms. The van der Waals surface area contributed by atoms with Gasteiger partial charge in [-0.25, -0.2) is 5.43 Å². The zero-order chi connectivity index (χ0) is 20.5. The van der Waals surface area contributed by atoms with Crippen molar-refractivity contribution in [1.29, 1.82) is 0 Å². The van der Waals surface area contributed by atoms with Crippen molar-refractivity contribution in [2.24, 2.45) is 5.10 Å². The van der Waals surface area contributed by atoms with Gasteiger partial charge in [0, 0.05) is 11.1 Å². The van der Waals surface area contributed by atoms with Crippen molar-refractivity contribution in [2.75, 3.05) is 19.8 Å². The quantitative estimate of drug-likeness (QED) is 0.506. The number of nitrogens with zero attached hydrogens (tertiary/aromatic N) is 1. The van der Waals surface area contributed by atoms with E-state index in [2.05, 4.69) is 10.5 Å². The van der Waals surface area contributed by atoms with Crippen molar-refractivity contribution in [2.45, 2.75) is 27.7 Å². The molecule has 0 spiro atoms. The van der Waals surface area contributed by atoms with Gasteiger partial charge in [0.2, 0.25) is 5.75 Å². The third-order valence-electron chi connectivity index (χ3n) is 3.79. The van der Waals surface area contributed by atoms with Gasteiger partial charge in [-0.2, -0.15) is 5.10 Å². The van der Waals surface area contributed by atoms with Crippen LogP contribution < -0.4 is 19.6 Å². The molecule has 2 aromatic carbocycles. The van der Waals surface area contributed by atoms with Gasteiger partial charge in [0.05, 0.1) is 25.5 Å². The van der Waals surface area contributed by atoms with Gasteiger partial charge in [-0.05, 0) is 52.0 Å². The smallest absolute Gasteiger partial charge is 0.271 e. The number of carbonyl (C=O) groups is 1. The van der Waals surface area contributed by atoms with Crippen LogP contribution in [0.5, 0.6) is 23.0 Å². The zero-order valence-corrected chi connectivity index (χ0v) is 16.6. The lowest BCUT2D eigenvalue weighted by atomic mass is 10.1. The van der Waals surface area contributed by atoms with Gasteiger partial charge < -0.3 is 19.3 Å². The molecular weight excluding hydrogens is 360 g/mol. The monoisotopic (exact) mass is 386 g/mol. The summed E-state index contributed by atoms with van der Waals surface area (Å²) in [5.41, 5.74) is 3.84. The molecule has 7 nitrogen and oxygen atoms in total. The maximum atomic E-state index is 12.6. The molecule has 0 aromatic heterocycles. The molecule has 150 valence electrons. The second-order valence-corrected chi connectivity index (χ2v) is 5.76. The Kier molecular flexibility index (Phi) is 7.68. The van der Waals surface area contributed by atoms with Crippen LogP contribution in [0.3, 0.4) is 0 Å². The highest BCUT2D eigenvalue weighted by molar-refractivity contribution is 6.02. The molecule has 2 N–H and O–H groups in total. The van der Waals surface area contributed by atoms with E-state index in [1.807, 2.05) is 20.8 Å². The molecule has 0 heterocycles. The number of aromatic hydroxyl groups is 1. The van der Waals surface area contributed by atoms with Crippen LogP contribution in [-0.4, -0.2) is 36.5 Å². The lowest BCUT2D eigenvalue weighted by molar-refractivity contribution is 0.0953. The molecule has 0 aliphatic carbocycles. The number of benzene rings is 2. The first-order valence-corrected chi connectivity index (χ1v) is 9.21. The maximum absolute atomic E-state index is 12.6. The van der Waals surface area contributed by atoms with E-state index in [0.29, 0.717) is 53.9 Å². The number of hydrazone groups is 1. The number of carbonyl (C=O) groups excluding carboxylic acids is 1. The van der Waals surface area contributed by atoms with E-state index in [1.165, 1.54) is 0 Å². The molecule has 0 radical (unpaired) electrons. The number of hydrogen-bond donors (Lipinski definition) is 2. The molecular formula is C21H26N2O5. The fraction of sp³-hybridized carbons (Fsp3) is 0.333. The molecule has 0 unspecified atom stereocenters. The van der Waals surface area contributed by atoms with Crippen molar-refractivity contribution in [1.82, 2.24) is 5.43 Å². The largest absolute Gasteiger partial charge is 0.507 e. The molecule has 7 heteroatoms. The van der Waals surface area contributed by atoms with Crippen LogP contribution in [-0.2, 0) is 0 Å². The van der Waals surface area contributed by atoms with Gasteiger partial charge >= 0.3 is 0 Å². The van der Waals surface area contributed by atoms with E-state index in [0.717, 1.165) is 0 Å². The highest BCUT2D eigenvalue weighted by atomic mass is 16.5. The van der Waals surface area contributed by atoms with Gasteiger partial charge in [-0.3, -0.25) is 4.79 Å². The highest BCUT2D eigenvalue weighted by Gasteiger charge is 2.18. The van der Waals surface area contributed by atoms with Crippen LogP contribution in [0.25, 0.3) is 0 Å². The predicted octanol–water partition coefficient (Wildman–Crippen LogP) is 3.74. The number of amides is 1. The Morgan fingerprint density at radius 2 is 1.57 bits per heavy atom. The van der Waals surface area contributed by atoms with Crippen LogP contribution >= 0.6 is 0 Å². The first kappa shape index (κ1) is 21.1. The Hall–Kier alpha value is -3.22. The minimum Gasteiger partial charge on any atom is -0.507 e. The van der Waals surface area contributed by atoms with E-state index in [-0.39, 0.29) is 5.75 Å². The number of nitrogens with one attached hydrogen (secondary N) is 1. The Labute approximate surface area is 164 Å². The number of rotatable bonds is 9. The van der Waals surface area contributed by atoms with E-state index < -0.39 is 5.91 Å². The third-order valence-corrected chi connectivity index (χ3v) is 3.79. The lowest BCUT2D eigenvalue weighted by Crippen LogP contribution is -2.20. The van der Waals surface area contributed by atoms with Crippen LogP contribution in [0, 0.1) is 0 Å². The summed E-state index contributed by atoms with van der Waals surface area (Å²) >= 11 is 0. The van der Waals surface area contributed by atoms with Gasteiger partial charge in [0.1, 0.15) is 5.75 Å². The first-order chi connectivity index (χ1) is 13.5. The second kappa shape index (κ2) is 10.2. The average molecular weight is 386 g/mol. The van der Waals surface area contributed by atoms with Gasteiger partial charge in [0.15, 0.2) is 11.5 Å². The fourth-order valence-electron chi connectivity index (χ4n) is 2.56. The molecule has 0 saturated carbocycles. The predicted molar refractivity (Wildman–Crippen MR) is 108 cm³/mol. The number of phenols is 1. The minimum atomic E-state index is -0.431. The summed E-state index contributed by atoms with van der Waals surface area (Å²) < 4.78 is 16.9. The first-order valence-electron chi connectivity index (χ1n) is 9.21. The number of para-hydroxylation sites is 1. The molecule has 0 atom stereocenters. The summed E-state index contributed by atoms with van der Waals surface area (Å²) in [6, 6.07) is 9.97. The molecule has 0 aliphatic rings. The van der Waals surface area contributed by atoms with Crippen LogP contribution in [0.2, 0.25) is 0 Å². The summed E-state index contributed by atoms with van der Waals surface area (Å²) in [5.74, 6) is 0.997.